The van der Waals surface area contributed by atoms with Gasteiger partial charge in [0.15, 0.2) is 0 Å². The minimum atomic E-state index is -4.68. The zero-order valence-electron chi connectivity index (χ0n) is 12.2. The first kappa shape index (κ1) is 2.79. The van der Waals surface area contributed by atoms with Crippen LogP contribution in [0.2, 0.25) is 0 Å². The van der Waals surface area contributed by atoms with Crippen LogP contribution < -0.4 is 4.18 Å². The van der Waals surface area contributed by atoms with Gasteiger partial charge in [-0.1, -0.05) is 18.1 Å². The zero-order chi connectivity index (χ0) is 14.2. The molecule has 0 aromatic heterocycles. The van der Waals surface area contributed by atoms with Crippen LogP contribution in [0.5, 0.6) is 5.75 Å². The van der Waals surface area contributed by atoms with E-state index in [-0.39, 0.29) is 0 Å². The summed E-state index contributed by atoms with van der Waals surface area (Å²) in [6.45, 7) is 0. The van der Waals surface area contributed by atoms with Crippen molar-refractivity contribution in [2.75, 3.05) is 6.21 Å². The Morgan fingerprint density at radius 3 is 2.64 bits per heavy atom. The Balaban J connectivity index is 3.45. The minimum absolute atomic E-state index is 0.692. The van der Waals surface area contributed by atoms with Gasteiger partial charge in [0.1, 0.15) is 5.75 Å². The number of rotatable bonds is 2. The van der Waals surface area contributed by atoms with E-state index in [1.807, 2.05) is 0 Å². The van der Waals surface area contributed by atoms with Crippen molar-refractivity contribution < 1.29 is 22.2 Å². The Kier molecular flexibility index (Phi) is 0.739. The molecule has 0 unspecified atom stereocenters. The second kappa shape index (κ2) is 2.92. The average Bonchev–Trinajstić information content (AvgIpc) is 2.29. The first-order valence-electron chi connectivity index (χ1n) is 6.09. The summed E-state index contributed by atoms with van der Waals surface area (Å²) in [5.74, 6) is -0.912. The van der Waals surface area contributed by atoms with Gasteiger partial charge < -0.3 is 4.18 Å². The standard InChI is InChI=1S/C7H8O3S/c1-11(8,9)10-7-5-3-2-4-6-7/h2-6H,1H3/i1D2,2D,3D,4D,5D,6D. The Hall–Kier alpha value is -1.03. The summed E-state index contributed by atoms with van der Waals surface area (Å²) in [6.07, 6.45) is -2.38. The van der Waals surface area contributed by atoms with Crippen molar-refractivity contribution in [3.05, 3.63) is 30.2 Å². The van der Waals surface area contributed by atoms with Crippen molar-refractivity contribution >= 4 is 10.1 Å². The van der Waals surface area contributed by atoms with Crippen molar-refractivity contribution in [1.29, 1.82) is 0 Å². The second-order valence-electron chi connectivity index (χ2n) is 1.53. The number of para-hydroxylation sites is 1. The van der Waals surface area contributed by atoms with Gasteiger partial charge in [0, 0.05) is 2.74 Å². The molecular formula is C7H8O3S. The Morgan fingerprint density at radius 2 is 2.09 bits per heavy atom. The van der Waals surface area contributed by atoms with E-state index in [1.165, 1.54) is 0 Å². The molecule has 3 nitrogen and oxygen atoms in total. The summed E-state index contributed by atoms with van der Waals surface area (Å²) in [6, 6.07) is -3.89. The highest BCUT2D eigenvalue weighted by Crippen LogP contribution is 2.09. The Bertz CT molecular complexity index is 554. The molecule has 0 bridgehead atoms. The molecule has 11 heavy (non-hydrogen) atoms. The monoisotopic (exact) mass is 179 g/mol. The summed E-state index contributed by atoms with van der Waals surface area (Å²) >= 11 is 0. The minimum Gasteiger partial charge on any atom is -0.383 e. The topological polar surface area (TPSA) is 43.4 Å². The SMILES string of the molecule is [2H]c1c([2H])c([2H])c(OS(=O)(=O)C([2H])[2H])c([2H])c1[2H]. The predicted molar refractivity (Wildman–Crippen MR) is 41.9 cm³/mol. The molecule has 0 atom stereocenters. The van der Waals surface area contributed by atoms with Crippen molar-refractivity contribution in [2.24, 2.45) is 0 Å². The third kappa shape index (κ3) is 3.04. The maximum absolute atomic E-state index is 11.2. The number of hydrogen-bond donors (Lipinski definition) is 0. The second-order valence-corrected chi connectivity index (χ2v) is 2.68. The molecule has 0 saturated carbocycles. The van der Waals surface area contributed by atoms with Gasteiger partial charge in [0.05, 0.1) is 13.1 Å². The van der Waals surface area contributed by atoms with Crippen LogP contribution in [0.3, 0.4) is 0 Å². The molecule has 0 saturated heterocycles. The van der Waals surface area contributed by atoms with E-state index in [9.17, 15) is 8.42 Å². The molecule has 0 N–H and O–H groups in total. The summed E-state index contributed by atoms with van der Waals surface area (Å²) in [4.78, 5) is 0. The summed E-state index contributed by atoms with van der Waals surface area (Å²) < 4.78 is 76.6. The normalized spacial score (nSPS) is 20.3. The molecule has 0 fully saturated rings. The molecule has 1 aromatic rings. The van der Waals surface area contributed by atoms with Gasteiger partial charge in [-0.15, -0.1) is 0 Å². The van der Waals surface area contributed by atoms with Gasteiger partial charge in [0.25, 0.3) is 0 Å². The Morgan fingerprint density at radius 1 is 1.45 bits per heavy atom. The van der Waals surface area contributed by atoms with Crippen LogP contribution in [0, 0.1) is 0 Å². The van der Waals surface area contributed by atoms with Gasteiger partial charge >= 0.3 is 10.1 Å². The van der Waals surface area contributed by atoms with Crippen molar-refractivity contribution in [3.63, 3.8) is 0 Å². The highest BCUT2D eigenvalue weighted by atomic mass is 32.2. The maximum atomic E-state index is 11.2. The molecule has 0 aliphatic carbocycles. The van der Waals surface area contributed by atoms with Crippen LogP contribution in [0.4, 0.5) is 0 Å². The van der Waals surface area contributed by atoms with E-state index in [0.717, 1.165) is 0 Å². The van der Waals surface area contributed by atoms with Crippen LogP contribution in [0.25, 0.3) is 0 Å². The molecule has 1 aromatic carbocycles. The smallest absolute Gasteiger partial charge is 0.306 e. The summed E-state index contributed by atoms with van der Waals surface area (Å²) in [7, 11) is -4.68. The fourth-order valence-electron chi connectivity index (χ4n) is 0.396. The van der Waals surface area contributed by atoms with E-state index >= 15 is 0 Å². The molecule has 0 radical (unpaired) electrons. The van der Waals surface area contributed by atoms with Gasteiger partial charge in [-0.05, 0) is 12.1 Å². The van der Waals surface area contributed by atoms with Gasteiger partial charge in [-0.3, -0.25) is 0 Å². The van der Waals surface area contributed by atoms with E-state index in [2.05, 4.69) is 4.18 Å². The van der Waals surface area contributed by atoms with E-state index in [4.69, 9.17) is 9.60 Å². The van der Waals surface area contributed by atoms with Crippen LogP contribution in [-0.4, -0.2) is 14.6 Å². The fourth-order valence-corrected chi connectivity index (χ4v) is 0.712. The molecular weight excluding hydrogens is 164 g/mol. The van der Waals surface area contributed by atoms with Crippen molar-refractivity contribution in [1.82, 2.24) is 0 Å². The van der Waals surface area contributed by atoms with Crippen LogP contribution >= 0.6 is 0 Å². The number of hydrogen-bond acceptors (Lipinski definition) is 3. The predicted octanol–water partition coefficient (Wildman–Crippen LogP) is 1.03. The van der Waals surface area contributed by atoms with E-state index in [1.54, 1.807) is 0 Å². The third-order valence-electron chi connectivity index (χ3n) is 0.677. The van der Waals surface area contributed by atoms with E-state index < -0.39 is 52.3 Å². The van der Waals surface area contributed by atoms with Crippen molar-refractivity contribution in [2.45, 2.75) is 0 Å². The average molecular weight is 179 g/mol. The van der Waals surface area contributed by atoms with Gasteiger partial charge in [-0.2, -0.15) is 8.42 Å². The summed E-state index contributed by atoms with van der Waals surface area (Å²) in [5, 5.41) is 0. The highest BCUT2D eigenvalue weighted by Gasteiger charge is 2.01. The van der Waals surface area contributed by atoms with Crippen molar-refractivity contribution in [3.8, 4) is 5.75 Å². The molecule has 0 heterocycles. The molecule has 60 valence electrons. The van der Waals surface area contributed by atoms with Gasteiger partial charge in [-0.25, -0.2) is 0 Å². The molecule has 1 rings (SSSR count). The molecule has 0 amide bonds. The largest absolute Gasteiger partial charge is 0.383 e. The lowest BCUT2D eigenvalue weighted by molar-refractivity contribution is 0.493. The van der Waals surface area contributed by atoms with Crippen LogP contribution in [0.15, 0.2) is 30.2 Å². The van der Waals surface area contributed by atoms with Gasteiger partial charge in [0.2, 0.25) is 0 Å². The maximum Gasteiger partial charge on any atom is 0.306 e. The quantitative estimate of drug-likeness (QED) is 0.637. The molecule has 0 aliphatic heterocycles. The first-order chi connectivity index (χ1) is 8.09. The van der Waals surface area contributed by atoms with Crippen LogP contribution in [-0.2, 0) is 10.1 Å². The summed E-state index contributed by atoms with van der Waals surface area (Å²) in [5.41, 5.74) is 0. The first-order valence-corrected chi connectivity index (χ1v) is 3.91. The lowest BCUT2D eigenvalue weighted by Crippen LogP contribution is -2.05. The molecule has 0 aliphatic rings. The third-order valence-corrected chi connectivity index (χ3v) is 1.08. The lowest BCUT2D eigenvalue weighted by Gasteiger charge is -1.99. The molecule has 4 heteroatoms. The Labute approximate surface area is 75.6 Å². The fraction of sp³-hybridized carbons (Fsp3) is 0.143. The lowest BCUT2D eigenvalue weighted by atomic mass is 10.3. The highest BCUT2D eigenvalue weighted by molar-refractivity contribution is 7.86. The molecule has 0 spiro atoms. The van der Waals surface area contributed by atoms with E-state index in [0.29, 0.717) is 0 Å². The van der Waals surface area contributed by atoms with Crippen LogP contribution in [0.1, 0.15) is 9.60 Å². The number of benzene rings is 1. The zero-order valence-corrected chi connectivity index (χ0v) is 6.03.